The number of piperidine rings is 1. The summed E-state index contributed by atoms with van der Waals surface area (Å²) in [5, 5.41) is 10.2. The van der Waals surface area contributed by atoms with Gasteiger partial charge >= 0.3 is 0 Å². The predicted octanol–water partition coefficient (Wildman–Crippen LogP) is 1.48. The number of rotatable bonds is 1. The van der Waals surface area contributed by atoms with E-state index in [2.05, 4.69) is 14.9 Å². The molecule has 1 aliphatic heterocycles. The van der Waals surface area contributed by atoms with E-state index in [4.69, 9.17) is 11.6 Å². The van der Waals surface area contributed by atoms with Gasteiger partial charge in [-0.15, -0.1) is 0 Å². The highest BCUT2D eigenvalue weighted by Crippen LogP contribution is 2.27. The Hall–Kier alpha value is -0.870. The van der Waals surface area contributed by atoms with Crippen LogP contribution >= 0.6 is 11.6 Å². The van der Waals surface area contributed by atoms with Gasteiger partial charge in [0.15, 0.2) is 11.0 Å². The van der Waals surface area contributed by atoms with Crippen LogP contribution in [0.5, 0.6) is 0 Å². The number of hydrogen-bond donors (Lipinski definition) is 1. The van der Waals surface area contributed by atoms with E-state index in [1.807, 2.05) is 6.92 Å². The summed E-state index contributed by atoms with van der Waals surface area (Å²) < 4.78 is 0. The van der Waals surface area contributed by atoms with Gasteiger partial charge in [0.2, 0.25) is 0 Å². The lowest BCUT2D eigenvalue weighted by atomic mass is 9.94. The third-order valence-corrected chi connectivity index (χ3v) is 3.04. The van der Waals surface area contributed by atoms with Crippen LogP contribution in [0.2, 0.25) is 5.15 Å². The maximum absolute atomic E-state index is 9.81. The zero-order valence-corrected chi connectivity index (χ0v) is 9.41. The van der Waals surface area contributed by atoms with Crippen molar-refractivity contribution in [3.05, 3.63) is 17.5 Å². The van der Waals surface area contributed by atoms with Gasteiger partial charge in [-0.2, -0.15) is 0 Å². The Labute approximate surface area is 93.9 Å². The van der Waals surface area contributed by atoms with Crippen LogP contribution in [0.1, 0.15) is 19.8 Å². The summed E-state index contributed by atoms with van der Waals surface area (Å²) >= 11 is 5.95. The maximum Gasteiger partial charge on any atom is 0.171 e. The maximum atomic E-state index is 9.81. The molecule has 1 fully saturated rings. The molecule has 0 aliphatic carbocycles. The van der Waals surface area contributed by atoms with Crippen LogP contribution in [0.4, 0.5) is 5.82 Å². The Bertz CT molecular complexity index is 346. The van der Waals surface area contributed by atoms with E-state index >= 15 is 0 Å². The molecule has 4 nitrogen and oxygen atoms in total. The molecular weight excluding hydrogens is 214 g/mol. The molecule has 0 aromatic carbocycles. The van der Waals surface area contributed by atoms with Crippen molar-refractivity contribution < 1.29 is 5.11 Å². The Morgan fingerprint density at radius 3 is 2.53 bits per heavy atom. The van der Waals surface area contributed by atoms with Gasteiger partial charge in [0.25, 0.3) is 0 Å². The van der Waals surface area contributed by atoms with Gasteiger partial charge in [-0.3, -0.25) is 0 Å². The van der Waals surface area contributed by atoms with Gasteiger partial charge < -0.3 is 10.0 Å². The van der Waals surface area contributed by atoms with Crippen LogP contribution < -0.4 is 4.90 Å². The van der Waals surface area contributed by atoms with E-state index in [0.29, 0.717) is 5.15 Å². The molecule has 0 unspecified atom stereocenters. The van der Waals surface area contributed by atoms with Crippen molar-refractivity contribution in [2.24, 2.45) is 0 Å². The lowest BCUT2D eigenvalue weighted by Gasteiger charge is -2.36. The first-order chi connectivity index (χ1) is 7.08. The predicted molar refractivity (Wildman–Crippen MR) is 59.1 cm³/mol. The molecule has 2 heterocycles. The van der Waals surface area contributed by atoms with Gasteiger partial charge in [-0.05, 0) is 19.8 Å². The second-order valence-electron chi connectivity index (χ2n) is 4.15. The first-order valence-corrected chi connectivity index (χ1v) is 5.40. The number of aromatic nitrogens is 2. The van der Waals surface area contributed by atoms with E-state index in [-0.39, 0.29) is 0 Å². The number of halogens is 1. The molecule has 0 spiro atoms. The summed E-state index contributed by atoms with van der Waals surface area (Å²) in [4.78, 5) is 10.3. The fourth-order valence-electron chi connectivity index (χ4n) is 1.73. The first-order valence-electron chi connectivity index (χ1n) is 5.02. The van der Waals surface area contributed by atoms with Gasteiger partial charge in [0.1, 0.15) is 0 Å². The SMILES string of the molecule is CC1(O)CCN(c2nccnc2Cl)CC1. The molecule has 1 N–H and O–H groups in total. The van der Waals surface area contributed by atoms with Gasteiger partial charge in [0.05, 0.1) is 5.60 Å². The van der Waals surface area contributed by atoms with Crippen molar-refractivity contribution in [3.63, 3.8) is 0 Å². The van der Waals surface area contributed by atoms with Crippen LogP contribution in [0.15, 0.2) is 12.4 Å². The van der Waals surface area contributed by atoms with E-state index in [1.165, 1.54) is 0 Å². The summed E-state index contributed by atoms with van der Waals surface area (Å²) in [6.07, 6.45) is 4.68. The fraction of sp³-hybridized carbons (Fsp3) is 0.600. The van der Waals surface area contributed by atoms with E-state index in [1.54, 1.807) is 12.4 Å². The zero-order valence-electron chi connectivity index (χ0n) is 8.65. The van der Waals surface area contributed by atoms with Crippen molar-refractivity contribution in [1.82, 2.24) is 9.97 Å². The smallest absolute Gasteiger partial charge is 0.171 e. The zero-order chi connectivity index (χ0) is 10.9. The van der Waals surface area contributed by atoms with Gasteiger partial charge in [-0.25, -0.2) is 9.97 Å². The minimum Gasteiger partial charge on any atom is -0.390 e. The van der Waals surface area contributed by atoms with Crippen LogP contribution in [-0.4, -0.2) is 33.8 Å². The van der Waals surface area contributed by atoms with Crippen LogP contribution in [0.25, 0.3) is 0 Å². The first kappa shape index (κ1) is 10.6. The summed E-state index contributed by atoms with van der Waals surface area (Å²) in [6.45, 7) is 3.40. The molecule has 1 saturated heterocycles. The van der Waals surface area contributed by atoms with Crippen molar-refractivity contribution in [2.45, 2.75) is 25.4 Å². The van der Waals surface area contributed by atoms with Gasteiger partial charge in [0, 0.05) is 25.5 Å². The Kier molecular flexibility index (Phi) is 2.80. The highest BCUT2D eigenvalue weighted by Gasteiger charge is 2.28. The topological polar surface area (TPSA) is 49.2 Å². The van der Waals surface area contributed by atoms with Crippen molar-refractivity contribution >= 4 is 17.4 Å². The van der Waals surface area contributed by atoms with Crippen LogP contribution in [0.3, 0.4) is 0 Å². The van der Waals surface area contributed by atoms with E-state index < -0.39 is 5.60 Å². The molecule has 1 aliphatic rings. The summed E-state index contributed by atoms with van der Waals surface area (Å²) in [7, 11) is 0. The summed E-state index contributed by atoms with van der Waals surface area (Å²) in [5.74, 6) is 0.717. The monoisotopic (exact) mass is 227 g/mol. The normalized spacial score (nSPS) is 20.3. The molecule has 0 radical (unpaired) electrons. The number of aliphatic hydroxyl groups is 1. The third kappa shape index (κ3) is 2.38. The van der Waals surface area contributed by atoms with Gasteiger partial charge in [-0.1, -0.05) is 11.6 Å². The Morgan fingerprint density at radius 2 is 1.93 bits per heavy atom. The molecule has 0 atom stereocenters. The molecule has 82 valence electrons. The molecule has 1 aromatic heterocycles. The second-order valence-corrected chi connectivity index (χ2v) is 4.51. The number of nitrogens with zero attached hydrogens (tertiary/aromatic N) is 3. The van der Waals surface area contributed by atoms with Crippen LogP contribution in [0, 0.1) is 0 Å². The highest BCUT2D eigenvalue weighted by atomic mass is 35.5. The molecular formula is C10H14ClN3O. The highest BCUT2D eigenvalue weighted by molar-refractivity contribution is 6.31. The quantitative estimate of drug-likeness (QED) is 0.790. The summed E-state index contributed by atoms with van der Waals surface area (Å²) in [6, 6.07) is 0. The second kappa shape index (κ2) is 3.94. The molecule has 0 amide bonds. The summed E-state index contributed by atoms with van der Waals surface area (Å²) in [5.41, 5.74) is -0.550. The average molecular weight is 228 g/mol. The molecule has 2 rings (SSSR count). The molecule has 0 bridgehead atoms. The van der Waals surface area contributed by atoms with E-state index in [9.17, 15) is 5.11 Å². The Balaban J connectivity index is 2.11. The average Bonchev–Trinajstić information content (AvgIpc) is 2.19. The lowest BCUT2D eigenvalue weighted by Crippen LogP contribution is -2.42. The standard InChI is InChI=1S/C10H14ClN3O/c1-10(15)2-6-14(7-3-10)9-8(11)12-4-5-13-9/h4-5,15H,2-3,6-7H2,1H3. The number of anilines is 1. The minimum absolute atomic E-state index is 0.430. The Morgan fingerprint density at radius 1 is 1.33 bits per heavy atom. The third-order valence-electron chi connectivity index (χ3n) is 2.78. The lowest BCUT2D eigenvalue weighted by molar-refractivity contribution is 0.0350. The molecule has 1 aromatic rings. The molecule has 15 heavy (non-hydrogen) atoms. The largest absolute Gasteiger partial charge is 0.390 e. The van der Waals surface area contributed by atoms with Crippen molar-refractivity contribution in [3.8, 4) is 0 Å². The van der Waals surface area contributed by atoms with Crippen molar-refractivity contribution in [2.75, 3.05) is 18.0 Å². The van der Waals surface area contributed by atoms with Crippen molar-refractivity contribution in [1.29, 1.82) is 0 Å². The number of hydrogen-bond acceptors (Lipinski definition) is 4. The molecule has 0 saturated carbocycles. The van der Waals surface area contributed by atoms with E-state index in [0.717, 1.165) is 31.7 Å². The fourth-order valence-corrected chi connectivity index (χ4v) is 1.95. The van der Waals surface area contributed by atoms with Crippen LogP contribution in [-0.2, 0) is 0 Å². The molecule has 5 heteroatoms. The minimum atomic E-state index is -0.550.